The molecule has 0 aliphatic carbocycles. The van der Waals surface area contributed by atoms with E-state index in [2.05, 4.69) is 0 Å². The highest BCUT2D eigenvalue weighted by molar-refractivity contribution is 5.67. The quantitative estimate of drug-likeness (QED) is 0.662. The summed E-state index contributed by atoms with van der Waals surface area (Å²) >= 11 is 0. The minimum atomic E-state index is -0.485. The van der Waals surface area contributed by atoms with Crippen LogP contribution in [0.15, 0.2) is 0 Å². The van der Waals surface area contributed by atoms with Crippen LogP contribution >= 0.6 is 0 Å². The van der Waals surface area contributed by atoms with Crippen molar-refractivity contribution in [3.8, 4) is 0 Å². The fourth-order valence-corrected chi connectivity index (χ4v) is 1.15. The second-order valence-electron chi connectivity index (χ2n) is 4.49. The standard InChI is InChI=1S/C10H19NO4/c1-10(2,3)15-9(12)11(4)8-7-13-5-6-14-8/h8H,5-7H2,1-4H3/t8-/m0/s1. The molecule has 0 aromatic heterocycles. The van der Waals surface area contributed by atoms with Gasteiger partial charge in [0.2, 0.25) is 0 Å². The minimum absolute atomic E-state index is 0.339. The Bertz CT molecular complexity index is 218. The number of rotatable bonds is 1. The van der Waals surface area contributed by atoms with Crippen molar-refractivity contribution in [3.63, 3.8) is 0 Å². The van der Waals surface area contributed by atoms with Gasteiger partial charge in [0.05, 0.1) is 19.8 Å². The van der Waals surface area contributed by atoms with Gasteiger partial charge in [-0.05, 0) is 20.8 Å². The van der Waals surface area contributed by atoms with Gasteiger partial charge < -0.3 is 14.2 Å². The molecule has 15 heavy (non-hydrogen) atoms. The van der Waals surface area contributed by atoms with Gasteiger partial charge >= 0.3 is 6.09 Å². The van der Waals surface area contributed by atoms with Crippen LogP contribution in [0.1, 0.15) is 20.8 Å². The third-order valence-electron chi connectivity index (χ3n) is 1.91. The highest BCUT2D eigenvalue weighted by Crippen LogP contribution is 2.12. The van der Waals surface area contributed by atoms with E-state index in [1.807, 2.05) is 20.8 Å². The van der Waals surface area contributed by atoms with Gasteiger partial charge in [-0.2, -0.15) is 0 Å². The highest BCUT2D eigenvalue weighted by Gasteiger charge is 2.27. The first-order valence-electron chi connectivity index (χ1n) is 5.05. The summed E-state index contributed by atoms with van der Waals surface area (Å²) < 4.78 is 15.8. The molecule has 0 saturated carbocycles. The van der Waals surface area contributed by atoms with E-state index in [1.54, 1.807) is 7.05 Å². The molecule has 0 spiro atoms. The number of hydrogen-bond acceptors (Lipinski definition) is 4. The lowest BCUT2D eigenvalue weighted by atomic mass is 10.2. The molecule has 0 unspecified atom stereocenters. The largest absolute Gasteiger partial charge is 0.444 e. The summed E-state index contributed by atoms with van der Waals surface area (Å²) in [7, 11) is 1.65. The summed E-state index contributed by atoms with van der Waals surface area (Å²) in [5.41, 5.74) is -0.485. The zero-order valence-electron chi connectivity index (χ0n) is 9.78. The Hall–Kier alpha value is -0.810. The number of hydrogen-bond donors (Lipinski definition) is 0. The molecule has 88 valence electrons. The van der Waals surface area contributed by atoms with Crippen molar-refractivity contribution in [1.29, 1.82) is 0 Å². The van der Waals surface area contributed by atoms with Crippen molar-refractivity contribution in [2.75, 3.05) is 26.9 Å². The summed E-state index contributed by atoms with van der Waals surface area (Å²) in [4.78, 5) is 13.0. The van der Waals surface area contributed by atoms with Crippen LogP contribution in [0.5, 0.6) is 0 Å². The lowest BCUT2D eigenvalue weighted by Crippen LogP contribution is -2.46. The molecule has 0 bridgehead atoms. The van der Waals surface area contributed by atoms with E-state index in [1.165, 1.54) is 4.90 Å². The summed E-state index contributed by atoms with van der Waals surface area (Å²) in [5, 5.41) is 0. The van der Waals surface area contributed by atoms with Gasteiger partial charge in [0.1, 0.15) is 5.60 Å². The van der Waals surface area contributed by atoms with E-state index < -0.39 is 11.7 Å². The van der Waals surface area contributed by atoms with Crippen LogP contribution in [0.25, 0.3) is 0 Å². The average Bonchev–Trinajstić information content (AvgIpc) is 2.15. The van der Waals surface area contributed by atoms with Crippen molar-refractivity contribution < 1.29 is 19.0 Å². The van der Waals surface area contributed by atoms with Crippen molar-refractivity contribution in [2.45, 2.75) is 32.6 Å². The average molecular weight is 217 g/mol. The maximum atomic E-state index is 11.6. The minimum Gasteiger partial charge on any atom is -0.444 e. The van der Waals surface area contributed by atoms with E-state index in [0.717, 1.165) is 0 Å². The van der Waals surface area contributed by atoms with Gasteiger partial charge in [-0.15, -0.1) is 0 Å². The normalized spacial score (nSPS) is 22.3. The first-order valence-corrected chi connectivity index (χ1v) is 5.05. The molecule has 1 amide bonds. The summed E-state index contributed by atoms with van der Waals surface area (Å²) in [5.74, 6) is 0. The number of amides is 1. The molecule has 5 nitrogen and oxygen atoms in total. The zero-order chi connectivity index (χ0) is 11.5. The molecule has 0 N–H and O–H groups in total. The smallest absolute Gasteiger partial charge is 0.412 e. The van der Waals surface area contributed by atoms with Gasteiger partial charge in [0, 0.05) is 7.05 Å². The third kappa shape index (κ3) is 4.05. The SMILES string of the molecule is CN(C(=O)OC(C)(C)C)[C@@H]1COCCO1. The second-order valence-corrected chi connectivity index (χ2v) is 4.49. The number of nitrogens with zero attached hydrogens (tertiary/aromatic N) is 1. The van der Waals surface area contributed by atoms with E-state index in [0.29, 0.717) is 19.8 Å². The monoisotopic (exact) mass is 217 g/mol. The topological polar surface area (TPSA) is 48.0 Å². The molecule has 1 rings (SSSR count). The molecule has 0 radical (unpaired) electrons. The molecule has 1 saturated heterocycles. The van der Waals surface area contributed by atoms with Gasteiger partial charge in [-0.1, -0.05) is 0 Å². The van der Waals surface area contributed by atoms with Crippen LogP contribution in [0.4, 0.5) is 4.79 Å². The zero-order valence-corrected chi connectivity index (χ0v) is 9.78. The molecular formula is C10H19NO4. The summed E-state index contributed by atoms with van der Waals surface area (Å²) in [6.07, 6.45) is -0.730. The van der Waals surface area contributed by atoms with Crippen molar-refractivity contribution in [2.24, 2.45) is 0 Å². The Balaban J connectivity index is 2.44. The number of ether oxygens (including phenoxy) is 3. The Morgan fingerprint density at radius 1 is 1.40 bits per heavy atom. The van der Waals surface area contributed by atoms with Crippen molar-refractivity contribution >= 4 is 6.09 Å². The van der Waals surface area contributed by atoms with E-state index >= 15 is 0 Å². The van der Waals surface area contributed by atoms with Gasteiger partial charge in [0.25, 0.3) is 0 Å². The maximum Gasteiger partial charge on any atom is 0.412 e. The van der Waals surface area contributed by atoms with Crippen LogP contribution in [-0.4, -0.2) is 49.7 Å². The second kappa shape index (κ2) is 4.81. The third-order valence-corrected chi connectivity index (χ3v) is 1.91. The Morgan fingerprint density at radius 3 is 2.53 bits per heavy atom. The predicted octanol–water partition coefficient (Wildman–Crippen LogP) is 1.23. The fourth-order valence-electron chi connectivity index (χ4n) is 1.15. The van der Waals surface area contributed by atoms with Crippen molar-refractivity contribution in [1.82, 2.24) is 4.90 Å². The first kappa shape index (κ1) is 12.3. The molecule has 1 aliphatic rings. The van der Waals surface area contributed by atoms with E-state index in [4.69, 9.17) is 14.2 Å². The van der Waals surface area contributed by atoms with E-state index in [-0.39, 0.29) is 6.23 Å². The van der Waals surface area contributed by atoms with Gasteiger partial charge in [-0.3, -0.25) is 4.90 Å². The van der Waals surface area contributed by atoms with E-state index in [9.17, 15) is 4.79 Å². The van der Waals surface area contributed by atoms with Crippen LogP contribution in [0.2, 0.25) is 0 Å². The van der Waals surface area contributed by atoms with Crippen molar-refractivity contribution in [3.05, 3.63) is 0 Å². The molecule has 1 aliphatic heterocycles. The van der Waals surface area contributed by atoms with Crippen LogP contribution in [-0.2, 0) is 14.2 Å². The molecule has 1 fully saturated rings. The van der Waals surface area contributed by atoms with Gasteiger partial charge in [-0.25, -0.2) is 4.79 Å². The number of likely N-dealkylation sites (N-methyl/N-ethyl adjacent to an activating group) is 1. The van der Waals surface area contributed by atoms with Gasteiger partial charge in [0.15, 0.2) is 6.23 Å². The van der Waals surface area contributed by atoms with Crippen LogP contribution in [0, 0.1) is 0 Å². The maximum absolute atomic E-state index is 11.6. The molecule has 5 heteroatoms. The van der Waals surface area contributed by atoms with Crippen LogP contribution in [0.3, 0.4) is 0 Å². The molecule has 1 atom stereocenters. The Morgan fingerprint density at radius 2 is 2.07 bits per heavy atom. The molecular weight excluding hydrogens is 198 g/mol. The predicted molar refractivity (Wildman–Crippen MR) is 54.6 cm³/mol. The molecule has 1 heterocycles. The first-order chi connectivity index (χ1) is 6.90. The lowest BCUT2D eigenvalue weighted by Gasteiger charge is -2.32. The molecule has 0 aromatic carbocycles. The Kier molecular flexibility index (Phi) is 3.93. The number of carbonyl (C=O) groups is 1. The number of carbonyl (C=O) groups excluding carboxylic acids is 1. The van der Waals surface area contributed by atoms with Crippen LogP contribution < -0.4 is 0 Å². The Labute approximate surface area is 90.3 Å². The fraction of sp³-hybridized carbons (Fsp3) is 0.900. The summed E-state index contributed by atoms with van der Waals surface area (Å²) in [6.45, 7) is 6.98. The molecule has 0 aromatic rings. The highest BCUT2D eigenvalue weighted by atomic mass is 16.6. The lowest BCUT2D eigenvalue weighted by molar-refractivity contribution is -0.143. The summed E-state index contributed by atoms with van der Waals surface area (Å²) in [6, 6.07) is 0.